The molecule has 89 heavy (non-hydrogen) atoms. The van der Waals surface area contributed by atoms with E-state index in [9.17, 15) is 0 Å². The van der Waals surface area contributed by atoms with Crippen LogP contribution in [-0.4, -0.2) is 162 Å². The van der Waals surface area contributed by atoms with Crippen LogP contribution in [0.15, 0.2) is 72.8 Å². The molecule has 0 aliphatic carbocycles. The molecule has 0 saturated heterocycles. The average Bonchev–Trinajstić information content (AvgIpc) is 1.71. The Morgan fingerprint density at radius 2 is 0.438 bits per heavy atom. The third kappa shape index (κ3) is 23.3. The maximum Gasteiger partial charge on any atom is 2.00 e. The van der Waals surface area contributed by atoms with Crippen molar-refractivity contribution in [3.8, 4) is 44.5 Å². The van der Waals surface area contributed by atoms with Crippen molar-refractivity contribution < 1.29 is 88.2 Å². The van der Waals surface area contributed by atoms with Gasteiger partial charge in [0.15, 0.2) is 0 Å². The summed E-state index contributed by atoms with van der Waals surface area (Å²) in [5.41, 5.74) is 23.3. The van der Waals surface area contributed by atoms with E-state index in [2.05, 4.69) is 396 Å². The van der Waals surface area contributed by atoms with E-state index < -0.39 is 0 Å². The van der Waals surface area contributed by atoms with E-state index >= 15 is 0 Å². The van der Waals surface area contributed by atoms with Crippen LogP contribution < -0.4 is 9.97 Å². The second kappa shape index (κ2) is 39.4. The molecule has 8 bridgehead atoms. The SMILES string of the molecule is CN(C)Cc1[c-]c(CN(C)C)cc(-c2c3nc(c(-c4cc(CN(C)C)[c-]c(CN(C)C)c4)c4ccc([n-]4)c(-c4cc(CN(C)C)[c-]c(CN(C)C)c4)c4nc(c(-c5cc(CN(C)C)[c-]c(CN(C)C)c5)c5ccc2[n-]5)C=C4)C=C3)c1.[Br][Pd+].[Br][Pd+].[Br][Pd+].[Br][Pd+].[Zn+2]. The van der Waals surface area contributed by atoms with Crippen LogP contribution in [0.3, 0.4) is 0 Å². The molecule has 0 atom stereocenters. The summed E-state index contributed by atoms with van der Waals surface area (Å²) in [5, 5.41) is 0. The summed E-state index contributed by atoms with van der Waals surface area (Å²) in [4.78, 5) is 40.5. The van der Waals surface area contributed by atoms with Gasteiger partial charge in [-0.25, -0.2) is 9.97 Å². The molecule has 4 aromatic carbocycles. The fourth-order valence-corrected chi connectivity index (χ4v) is 11.0. The zero-order valence-corrected chi connectivity index (χ0v) is 69.3. The van der Waals surface area contributed by atoms with E-state index in [4.69, 9.17) is 19.9 Å². The first-order valence-electron chi connectivity index (χ1n) is 28.0. The van der Waals surface area contributed by atoms with Crippen molar-refractivity contribution in [2.45, 2.75) is 52.4 Å². The fourth-order valence-electron chi connectivity index (χ4n) is 11.0. The topological polar surface area (TPSA) is 79.9 Å². The van der Waals surface area contributed by atoms with Gasteiger partial charge in [0.05, 0.1) is 22.8 Å². The van der Waals surface area contributed by atoms with E-state index in [0.717, 1.165) is 186 Å². The summed E-state index contributed by atoms with van der Waals surface area (Å²) in [6.07, 6.45) is 8.69. The minimum Gasteiger partial charge on any atom is 2.00 e. The predicted molar refractivity (Wildman–Crippen MR) is 369 cm³/mol. The van der Waals surface area contributed by atoms with Crippen molar-refractivity contribution in [2.24, 2.45) is 0 Å². The number of hydrogen-bond donors (Lipinski definition) is 0. The minimum atomic E-state index is 0. The molecule has 0 N–H and O–H groups in total. The first kappa shape index (κ1) is 79.8. The summed E-state index contributed by atoms with van der Waals surface area (Å²) in [7, 11) is 33.7. The third-order valence-electron chi connectivity index (χ3n) is 13.6. The molecule has 482 valence electrons. The van der Waals surface area contributed by atoms with Gasteiger partial charge in [-0.2, -0.15) is 72.8 Å². The Balaban J connectivity index is 0.00000181. The molecule has 0 amide bonds. The van der Waals surface area contributed by atoms with Gasteiger partial charge in [0.2, 0.25) is 0 Å². The Morgan fingerprint density at radius 3 is 0.573 bits per heavy atom. The van der Waals surface area contributed by atoms with Crippen LogP contribution >= 0.6 is 53.7 Å². The van der Waals surface area contributed by atoms with Gasteiger partial charge in [-0.15, -0.1) is 88.8 Å². The van der Waals surface area contributed by atoms with Crippen molar-refractivity contribution >= 4 is 100 Å². The van der Waals surface area contributed by atoms with E-state index in [0.29, 0.717) is 0 Å². The monoisotopic (exact) mass is 1870 g/mol. The largest absolute Gasteiger partial charge is 2.00 e. The van der Waals surface area contributed by atoms with Crippen molar-refractivity contribution in [1.82, 2.24) is 59.1 Å². The molecule has 5 heterocycles. The van der Waals surface area contributed by atoms with Crippen LogP contribution in [0.4, 0.5) is 0 Å². The van der Waals surface area contributed by atoms with Gasteiger partial charge < -0.3 is 49.2 Å². The number of nitrogens with zero attached hydrogens (tertiary/aromatic N) is 12. The molecular formula is C68H80Br4N12Pd4Zn. The summed E-state index contributed by atoms with van der Waals surface area (Å²) in [5.74, 6) is 0. The molecule has 0 unspecified atom stereocenters. The van der Waals surface area contributed by atoms with Crippen LogP contribution in [0.2, 0.25) is 0 Å². The van der Waals surface area contributed by atoms with Gasteiger partial charge >= 0.3 is 142 Å². The normalized spacial score (nSPS) is 11.7. The first-order valence-corrected chi connectivity index (χ1v) is 42.3. The quantitative estimate of drug-likeness (QED) is 0.0539. The van der Waals surface area contributed by atoms with Crippen LogP contribution in [0.25, 0.3) is 90.9 Å². The third-order valence-corrected chi connectivity index (χ3v) is 13.6. The maximum absolute atomic E-state index is 5.74. The fraction of sp³-hybridized carbons (Fsp3) is 0.353. The number of rotatable bonds is 20. The second-order valence-corrected chi connectivity index (χ2v) is 23.9. The Kier molecular flexibility index (Phi) is 35.3. The number of hydrogen-bond acceptors (Lipinski definition) is 10. The van der Waals surface area contributed by atoms with Crippen molar-refractivity contribution in [1.29, 1.82) is 0 Å². The molecule has 12 nitrogen and oxygen atoms in total. The molecule has 2 aliphatic rings. The summed E-state index contributed by atoms with van der Waals surface area (Å²) in [6.45, 7) is 5.83. The number of aromatic nitrogens is 4. The zero-order chi connectivity index (χ0) is 65.1. The van der Waals surface area contributed by atoms with Gasteiger partial charge in [-0.1, -0.05) is 24.3 Å². The van der Waals surface area contributed by atoms with Crippen molar-refractivity contribution in [3.05, 3.63) is 164 Å². The minimum absolute atomic E-state index is 0. The van der Waals surface area contributed by atoms with Crippen LogP contribution in [0.5, 0.6) is 0 Å². The van der Waals surface area contributed by atoms with E-state index in [1.165, 1.54) is 0 Å². The molecule has 9 rings (SSSR count). The van der Waals surface area contributed by atoms with Gasteiger partial charge in [0, 0.05) is 52.4 Å². The maximum atomic E-state index is 5.74. The molecule has 0 radical (unpaired) electrons. The number of benzene rings is 4. The van der Waals surface area contributed by atoms with Gasteiger partial charge in [0.25, 0.3) is 0 Å². The van der Waals surface area contributed by atoms with E-state index in [-0.39, 0.29) is 19.5 Å². The standard InChI is InChI=1S/C68H80N12.4BrH.4Pd.Zn/c1-73(2)37-45-25-46(38-74(3)4)30-53(29-45)65-57-17-19-59(69-57)66(54-31-47(39-75(5)6)26-48(32-54)40-76(7)8)61-21-23-63(71-61)68(56-35-51(43-79(13)14)28-52(36-56)44-80(15)16)64-24-22-62(72-64)67(60-20-18-58(65)70-60)55-33-49(41-77(9)10)27-50(34-55)42-78(11)12;;;;;;;;;/h17-24,29-36H,37-44H2,1-16H3;4*1H;;;;;/q-6;;;;;5*+2/p-4. The molecule has 0 saturated carbocycles. The zero-order valence-electron chi connectivity index (χ0n) is 53.7. The van der Waals surface area contributed by atoms with Gasteiger partial charge in [-0.05, 0) is 159 Å². The van der Waals surface area contributed by atoms with Crippen LogP contribution in [-0.2, 0) is 141 Å². The number of fused-ring (bicyclic) bond motifs is 8. The Bertz CT molecular complexity index is 3080. The second-order valence-electron chi connectivity index (χ2n) is 23.9. The molecular weight excluding hydrogens is 1800 g/mol. The summed E-state index contributed by atoms with van der Waals surface area (Å²) >= 11 is 21.4. The Hall–Kier alpha value is -1.65. The Morgan fingerprint density at radius 1 is 0.292 bits per heavy atom. The van der Waals surface area contributed by atoms with Crippen LogP contribution in [0.1, 0.15) is 67.3 Å². The molecule has 21 heteroatoms. The molecule has 0 spiro atoms. The molecule has 7 aromatic rings. The summed E-state index contributed by atoms with van der Waals surface area (Å²) < 4.78 is 0. The van der Waals surface area contributed by atoms with Gasteiger partial charge in [0.1, 0.15) is 0 Å². The van der Waals surface area contributed by atoms with Crippen molar-refractivity contribution in [2.75, 3.05) is 113 Å². The van der Waals surface area contributed by atoms with Gasteiger partial charge in [-0.3, -0.25) is 0 Å². The van der Waals surface area contributed by atoms with Crippen molar-refractivity contribution in [3.63, 3.8) is 0 Å². The van der Waals surface area contributed by atoms with E-state index in [1.54, 1.807) is 0 Å². The number of halogens is 4. The summed E-state index contributed by atoms with van der Waals surface area (Å²) in [6, 6.07) is 41.9. The Labute approximate surface area is 614 Å². The molecule has 3 aromatic heterocycles. The first-order chi connectivity index (χ1) is 42.1. The van der Waals surface area contributed by atoms with Crippen LogP contribution in [0, 0.1) is 24.3 Å². The molecule has 0 fully saturated rings. The van der Waals surface area contributed by atoms with E-state index in [1.807, 2.05) is 0 Å². The molecule has 2 aliphatic heterocycles. The predicted octanol–water partition coefficient (Wildman–Crippen LogP) is 13.6. The average molecular weight is 1880 g/mol. The smallest absolute Gasteiger partial charge is 2.00 e.